The van der Waals surface area contributed by atoms with Crippen molar-refractivity contribution in [1.29, 1.82) is 0 Å². The van der Waals surface area contributed by atoms with Crippen molar-refractivity contribution in [2.75, 3.05) is 27.2 Å². The summed E-state index contributed by atoms with van der Waals surface area (Å²) in [6, 6.07) is 4.88. The topological polar surface area (TPSA) is 67.4 Å². The Kier molecular flexibility index (Phi) is 8.60. The van der Waals surface area contributed by atoms with Crippen molar-refractivity contribution in [3.8, 4) is 5.75 Å². The standard InChI is InChI=1S/C11H17BrN2O3S.ClH/c1-13-6-3-7-14-18(15,16)11-8-9(12)4-5-10(11)17-2;/h4-5,8,13-14H,3,6-7H2,1-2H3;1H. The molecular weight excluding hydrogens is 356 g/mol. The third-order valence-corrected chi connectivity index (χ3v) is 4.29. The Morgan fingerprint density at radius 3 is 2.58 bits per heavy atom. The van der Waals surface area contributed by atoms with E-state index in [0.717, 1.165) is 13.0 Å². The minimum atomic E-state index is -3.54. The van der Waals surface area contributed by atoms with Crippen molar-refractivity contribution in [3.63, 3.8) is 0 Å². The van der Waals surface area contributed by atoms with Gasteiger partial charge in [-0.15, -0.1) is 12.4 Å². The van der Waals surface area contributed by atoms with Crippen LogP contribution in [0.5, 0.6) is 5.75 Å². The van der Waals surface area contributed by atoms with Crippen LogP contribution in [0.3, 0.4) is 0 Å². The van der Waals surface area contributed by atoms with Crippen LogP contribution < -0.4 is 14.8 Å². The Morgan fingerprint density at radius 2 is 2.00 bits per heavy atom. The van der Waals surface area contributed by atoms with Gasteiger partial charge in [0.15, 0.2) is 0 Å². The number of rotatable bonds is 7. The first-order chi connectivity index (χ1) is 8.51. The summed E-state index contributed by atoms with van der Waals surface area (Å²) in [6.07, 6.45) is 0.728. The molecule has 0 aliphatic rings. The van der Waals surface area contributed by atoms with Crippen molar-refractivity contribution >= 4 is 38.4 Å². The molecule has 0 radical (unpaired) electrons. The second-order valence-corrected chi connectivity index (χ2v) is 6.30. The van der Waals surface area contributed by atoms with E-state index >= 15 is 0 Å². The van der Waals surface area contributed by atoms with Crippen LogP contribution in [0.2, 0.25) is 0 Å². The highest BCUT2D eigenvalue weighted by molar-refractivity contribution is 9.10. The second-order valence-electron chi connectivity index (χ2n) is 3.65. The number of methoxy groups -OCH3 is 1. The number of ether oxygens (including phenoxy) is 1. The quantitative estimate of drug-likeness (QED) is 0.715. The molecule has 0 fully saturated rings. The van der Waals surface area contributed by atoms with E-state index in [9.17, 15) is 8.42 Å². The van der Waals surface area contributed by atoms with Crippen LogP contribution in [0.15, 0.2) is 27.6 Å². The monoisotopic (exact) mass is 372 g/mol. The third-order valence-electron chi connectivity index (χ3n) is 2.31. The maximum atomic E-state index is 12.1. The first kappa shape index (κ1) is 18.7. The average molecular weight is 374 g/mol. The smallest absolute Gasteiger partial charge is 0.244 e. The molecule has 0 spiro atoms. The highest BCUT2D eigenvalue weighted by atomic mass is 79.9. The maximum Gasteiger partial charge on any atom is 0.244 e. The number of hydrogen-bond donors (Lipinski definition) is 2. The van der Waals surface area contributed by atoms with E-state index < -0.39 is 10.0 Å². The van der Waals surface area contributed by atoms with E-state index in [-0.39, 0.29) is 17.3 Å². The highest BCUT2D eigenvalue weighted by Gasteiger charge is 2.19. The lowest BCUT2D eigenvalue weighted by Crippen LogP contribution is -2.27. The Hall–Kier alpha value is -0.340. The molecule has 1 aromatic rings. The maximum absolute atomic E-state index is 12.1. The predicted octanol–water partition coefficient (Wildman–Crippen LogP) is 1.77. The van der Waals surface area contributed by atoms with Crippen LogP contribution in [0.4, 0.5) is 0 Å². The van der Waals surface area contributed by atoms with Crippen molar-refractivity contribution in [1.82, 2.24) is 10.0 Å². The van der Waals surface area contributed by atoms with Gasteiger partial charge in [0.2, 0.25) is 10.0 Å². The van der Waals surface area contributed by atoms with Crippen LogP contribution in [0.1, 0.15) is 6.42 Å². The van der Waals surface area contributed by atoms with Gasteiger partial charge in [0, 0.05) is 11.0 Å². The number of nitrogens with one attached hydrogen (secondary N) is 2. The lowest BCUT2D eigenvalue weighted by Gasteiger charge is -2.11. The van der Waals surface area contributed by atoms with Crippen LogP contribution in [0, 0.1) is 0 Å². The van der Waals surface area contributed by atoms with Gasteiger partial charge in [0.05, 0.1) is 7.11 Å². The summed E-state index contributed by atoms with van der Waals surface area (Å²) in [7, 11) is -0.266. The molecule has 0 unspecified atom stereocenters. The molecule has 0 heterocycles. The van der Waals surface area contributed by atoms with Crippen LogP contribution in [0.25, 0.3) is 0 Å². The van der Waals surface area contributed by atoms with Crippen LogP contribution in [-0.4, -0.2) is 35.7 Å². The fourth-order valence-corrected chi connectivity index (χ4v) is 3.19. The molecule has 0 saturated carbocycles. The second kappa shape index (κ2) is 8.76. The van der Waals surface area contributed by atoms with Gasteiger partial charge in [-0.1, -0.05) is 15.9 Å². The van der Waals surface area contributed by atoms with E-state index in [1.807, 2.05) is 7.05 Å². The van der Waals surface area contributed by atoms with Gasteiger partial charge in [-0.2, -0.15) is 0 Å². The van der Waals surface area contributed by atoms with E-state index in [4.69, 9.17) is 4.74 Å². The minimum Gasteiger partial charge on any atom is -0.495 e. The zero-order valence-electron chi connectivity index (χ0n) is 10.8. The average Bonchev–Trinajstić information content (AvgIpc) is 2.35. The number of halogens is 2. The summed E-state index contributed by atoms with van der Waals surface area (Å²) in [5.74, 6) is 0.333. The first-order valence-electron chi connectivity index (χ1n) is 5.49. The lowest BCUT2D eigenvalue weighted by atomic mass is 10.3. The SMILES string of the molecule is CNCCCNS(=O)(=O)c1cc(Br)ccc1OC.Cl. The summed E-state index contributed by atoms with van der Waals surface area (Å²) >= 11 is 3.25. The molecule has 0 bridgehead atoms. The summed E-state index contributed by atoms with van der Waals surface area (Å²) in [5.41, 5.74) is 0. The number of benzene rings is 1. The molecule has 0 aliphatic heterocycles. The Balaban J connectivity index is 0.00000324. The minimum absolute atomic E-state index is 0. The molecular formula is C11H18BrClN2O3S. The van der Waals surface area contributed by atoms with Crippen molar-refractivity contribution in [2.45, 2.75) is 11.3 Å². The van der Waals surface area contributed by atoms with Gasteiger partial charge < -0.3 is 10.1 Å². The van der Waals surface area contributed by atoms with Gasteiger partial charge in [-0.05, 0) is 38.2 Å². The van der Waals surface area contributed by atoms with Crippen molar-refractivity contribution in [2.24, 2.45) is 0 Å². The molecule has 19 heavy (non-hydrogen) atoms. The summed E-state index contributed by atoms with van der Waals surface area (Å²) < 4.78 is 32.5. The van der Waals surface area contributed by atoms with Gasteiger partial charge >= 0.3 is 0 Å². The fraction of sp³-hybridized carbons (Fsp3) is 0.455. The fourth-order valence-electron chi connectivity index (χ4n) is 1.41. The van der Waals surface area contributed by atoms with Crippen molar-refractivity contribution in [3.05, 3.63) is 22.7 Å². The van der Waals surface area contributed by atoms with Gasteiger partial charge in [0.25, 0.3) is 0 Å². The zero-order valence-corrected chi connectivity index (χ0v) is 14.0. The predicted molar refractivity (Wildman–Crippen MR) is 81.7 cm³/mol. The highest BCUT2D eigenvalue weighted by Crippen LogP contribution is 2.26. The zero-order chi connectivity index (χ0) is 13.6. The van der Waals surface area contributed by atoms with Crippen LogP contribution in [-0.2, 0) is 10.0 Å². The molecule has 0 atom stereocenters. The Morgan fingerprint density at radius 1 is 1.32 bits per heavy atom. The normalized spacial score (nSPS) is 10.9. The van der Waals surface area contributed by atoms with Crippen molar-refractivity contribution < 1.29 is 13.2 Å². The summed E-state index contributed by atoms with van der Waals surface area (Å²) in [4.78, 5) is 0.142. The largest absolute Gasteiger partial charge is 0.495 e. The molecule has 1 aromatic carbocycles. The van der Waals surface area contributed by atoms with Crippen LogP contribution >= 0.6 is 28.3 Å². The van der Waals surface area contributed by atoms with Gasteiger partial charge in [-0.25, -0.2) is 13.1 Å². The van der Waals surface area contributed by atoms with E-state index in [1.54, 1.807) is 12.1 Å². The molecule has 0 aromatic heterocycles. The molecule has 2 N–H and O–H groups in total. The number of hydrogen-bond acceptors (Lipinski definition) is 4. The molecule has 8 heteroatoms. The Labute approximate surface area is 128 Å². The molecule has 0 saturated heterocycles. The van der Waals surface area contributed by atoms with E-state index in [2.05, 4.69) is 26.0 Å². The molecule has 1 rings (SSSR count). The number of sulfonamides is 1. The third kappa shape index (κ3) is 5.66. The van der Waals surface area contributed by atoms with E-state index in [1.165, 1.54) is 13.2 Å². The Bertz CT molecular complexity index is 497. The summed E-state index contributed by atoms with van der Waals surface area (Å²) in [6.45, 7) is 1.15. The molecule has 0 amide bonds. The van der Waals surface area contributed by atoms with Gasteiger partial charge in [-0.3, -0.25) is 0 Å². The van der Waals surface area contributed by atoms with E-state index in [0.29, 0.717) is 16.8 Å². The molecule has 110 valence electrons. The molecule has 5 nitrogen and oxygen atoms in total. The molecule has 0 aliphatic carbocycles. The summed E-state index contributed by atoms with van der Waals surface area (Å²) in [5, 5.41) is 2.96. The lowest BCUT2D eigenvalue weighted by molar-refractivity contribution is 0.402. The van der Waals surface area contributed by atoms with Gasteiger partial charge in [0.1, 0.15) is 10.6 Å². The first-order valence-corrected chi connectivity index (χ1v) is 7.76.